The van der Waals surface area contributed by atoms with E-state index in [0.29, 0.717) is 6.61 Å². The van der Waals surface area contributed by atoms with E-state index in [1.807, 2.05) is 35.2 Å². The standard InChI is InChI=1S/C16H25NO2/c1-13(2)15-8-10-17(11-9-15)16(18)19-12-14-6-4-3-5-7-14/h3-7,13,15-16,18H,8-12H2,1-2H3. The predicted octanol–water partition coefficient (Wildman–Crippen LogP) is 2.85. The maximum Gasteiger partial charge on any atom is 0.216 e. The highest BCUT2D eigenvalue weighted by Gasteiger charge is 2.25. The summed E-state index contributed by atoms with van der Waals surface area (Å²) >= 11 is 0. The van der Waals surface area contributed by atoms with E-state index in [-0.39, 0.29) is 0 Å². The van der Waals surface area contributed by atoms with E-state index >= 15 is 0 Å². The Morgan fingerprint density at radius 3 is 2.42 bits per heavy atom. The number of rotatable bonds is 5. The van der Waals surface area contributed by atoms with Crippen molar-refractivity contribution in [1.82, 2.24) is 4.90 Å². The molecule has 1 aliphatic heterocycles. The Balaban J connectivity index is 1.74. The summed E-state index contributed by atoms with van der Waals surface area (Å²) in [4.78, 5) is 2.03. The first-order chi connectivity index (χ1) is 9.16. The van der Waals surface area contributed by atoms with Crippen molar-refractivity contribution in [2.75, 3.05) is 13.1 Å². The lowest BCUT2D eigenvalue weighted by atomic mass is 9.87. The minimum atomic E-state index is -0.770. The first kappa shape index (κ1) is 14.5. The summed E-state index contributed by atoms with van der Waals surface area (Å²) in [5, 5.41) is 10.1. The highest BCUT2D eigenvalue weighted by Crippen LogP contribution is 2.25. The topological polar surface area (TPSA) is 32.7 Å². The van der Waals surface area contributed by atoms with Gasteiger partial charge in [0.25, 0.3) is 0 Å². The zero-order chi connectivity index (χ0) is 13.7. The lowest BCUT2D eigenvalue weighted by Crippen LogP contribution is -2.43. The molecule has 0 radical (unpaired) electrons. The van der Waals surface area contributed by atoms with Crippen molar-refractivity contribution in [3.8, 4) is 0 Å². The molecule has 0 spiro atoms. The molecule has 1 heterocycles. The molecule has 0 aromatic heterocycles. The van der Waals surface area contributed by atoms with Gasteiger partial charge in [-0.1, -0.05) is 44.2 Å². The highest BCUT2D eigenvalue weighted by molar-refractivity contribution is 5.13. The van der Waals surface area contributed by atoms with Gasteiger partial charge in [0, 0.05) is 13.1 Å². The molecule has 2 rings (SSSR count). The van der Waals surface area contributed by atoms with Crippen molar-refractivity contribution in [2.24, 2.45) is 11.8 Å². The Kier molecular flexibility index (Phi) is 5.37. The minimum absolute atomic E-state index is 0.464. The monoisotopic (exact) mass is 263 g/mol. The summed E-state index contributed by atoms with van der Waals surface area (Å²) in [6.07, 6.45) is 1.54. The van der Waals surface area contributed by atoms with Crippen molar-refractivity contribution in [3.63, 3.8) is 0 Å². The normalized spacial score (nSPS) is 19.8. The van der Waals surface area contributed by atoms with Gasteiger partial charge >= 0.3 is 0 Å². The molecule has 1 atom stereocenters. The van der Waals surface area contributed by atoms with Gasteiger partial charge in [-0.15, -0.1) is 0 Å². The number of hydrogen-bond acceptors (Lipinski definition) is 3. The molecule has 1 N–H and O–H groups in total. The molecule has 19 heavy (non-hydrogen) atoms. The Labute approximate surface area is 116 Å². The third-order valence-corrected chi connectivity index (χ3v) is 4.07. The van der Waals surface area contributed by atoms with Crippen LogP contribution < -0.4 is 0 Å². The fraction of sp³-hybridized carbons (Fsp3) is 0.625. The summed E-state index contributed by atoms with van der Waals surface area (Å²) in [6.45, 7) is 6.88. The van der Waals surface area contributed by atoms with E-state index in [1.54, 1.807) is 0 Å². The van der Waals surface area contributed by atoms with Gasteiger partial charge in [-0.25, -0.2) is 0 Å². The van der Waals surface area contributed by atoms with Gasteiger partial charge in [-0.2, -0.15) is 0 Å². The molecule has 0 bridgehead atoms. The number of likely N-dealkylation sites (tertiary alicyclic amines) is 1. The van der Waals surface area contributed by atoms with Crippen molar-refractivity contribution in [1.29, 1.82) is 0 Å². The van der Waals surface area contributed by atoms with Crippen molar-refractivity contribution < 1.29 is 9.84 Å². The average Bonchev–Trinajstić information content (AvgIpc) is 2.46. The molecule has 1 unspecified atom stereocenters. The van der Waals surface area contributed by atoms with Crippen LogP contribution in [0.2, 0.25) is 0 Å². The largest absolute Gasteiger partial charge is 0.356 e. The first-order valence-electron chi connectivity index (χ1n) is 7.24. The molecular weight excluding hydrogens is 238 g/mol. The maximum absolute atomic E-state index is 10.1. The summed E-state index contributed by atoms with van der Waals surface area (Å²) in [7, 11) is 0. The van der Waals surface area contributed by atoms with Crippen LogP contribution in [0.25, 0.3) is 0 Å². The fourth-order valence-corrected chi connectivity index (χ4v) is 2.66. The first-order valence-corrected chi connectivity index (χ1v) is 7.24. The van der Waals surface area contributed by atoms with Crippen LogP contribution in [0.15, 0.2) is 30.3 Å². The van der Waals surface area contributed by atoms with Gasteiger partial charge in [0.2, 0.25) is 6.41 Å². The van der Waals surface area contributed by atoms with E-state index < -0.39 is 6.41 Å². The number of nitrogens with zero attached hydrogens (tertiary/aromatic N) is 1. The van der Waals surface area contributed by atoms with E-state index in [0.717, 1.165) is 43.3 Å². The summed E-state index contributed by atoms with van der Waals surface area (Å²) in [5.41, 5.74) is 1.10. The number of aliphatic hydroxyl groups is 1. The van der Waals surface area contributed by atoms with Crippen molar-refractivity contribution >= 4 is 0 Å². The van der Waals surface area contributed by atoms with Crippen LogP contribution in [0.1, 0.15) is 32.3 Å². The molecule has 3 nitrogen and oxygen atoms in total. The molecular formula is C16H25NO2. The van der Waals surface area contributed by atoms with Gasteiger partial charge < -0.3 is 9.84 Å². The molecule has 3 heteroatoms. The summed E-state index contributed by atoms with van der Waals surface area (Å²) < 4.78 is 5.54. The predicted molar refractivity (Wildman–Crippen MR) is 76.4 cm³/mol. The molecule has 1 fully saturated rings. The quantitative estimate of drug-likeness (QED) is 0.829. The fourth-order valence-electron chi connectivity index (χ4n) is 2.66. The van der Waals surface area contributed by atoms with Crippen LogP contribution in [0, 0.1) is 11.8 Å². The molecule has 0 aliphatic carbocycles. The van der Waals surface area contributed by atoms with E-state index in [2.05, 4.69) is 13.8 Å². The van der Waals surface area contributed by atoms with Crippen LogP contribution >= 0.6 is 0 Å². The number of benzene rings is 1. The summed E-state index contributed by atoms with van der Waals surface area (Å²) in [5.74, 6) is 1.53. The molecule has 1 aromatic rings. The van der Waals surface area contributed by atoms with E-state index in [4.69, 9.17) is 4.74 Å². The van der Waals surface area contributed by atoms with E-state index in [9.17, 15) is 5.11 Å². The second kappa shape index (κ2) is 7.04. The lowest BCUT2D eigenvalue weighted by molar-refractivity contribution is -0.206. The molecule has 1 aromatic carbocycles. The van der Waals surface area contributed by atoms with Crippen LogP contribution in [0.5, 0.6) is 0 Å². The second-order valence-electron chi connectivity index (χ2n) is 5.74. The smallest absolute Gasteiger partial charge is 0.216 e. The number of aliphatic hydroxyl groups excluding tert-OH is 1. The number of ether oxygens (including phenoxy) is 1. The van der Waals surface area contributed by atoms with Crippen LogP contribution in [-0.4, -0.2) is 29.5 Å². The van der Waals surface area contributed by atoms with Gasteiger partial charge in [0.05, 0.1) is 6.61 Å². The molecule has 1 saturated heterocycles. The minimum Gasteiger partial charge on any atom is -0.356 e. The third kappa shape index (κ3) is 4.30. The third-order valence-electron chi connectivity index (χ3n) is 4.07. The van der Waals surface area contributed by atoms with Crippen LogP contribution in [0.4, 0.5) is 0 Å². The molecule has 0 saturated carbocycles. The van der Waals surface area contributed by atoms with Crippen molar-refractivity contribution in [3.05, 3.63) is 35.9 Å². The second-order valence-corrected chi connectivity index (χ2v) is 5.74. The maximum atomic E-state index is 10.1. The van der Waals surface area contributed by atoms with Crippen molar-refractivity contribution in [2.45, 2.75) is 39.7 Å². The van der Waals surface area contributed by atoms with Crippen LogP contribution in [0.3, 0.4) is 0 Å². The highest BCUT2D eigenvalue weighted by atomic mass is 16.6. The van der Waals surface area contributed by atoms with Gasteiger partial charge in [-0.05, 0) is 30.2 Å². The van der Waals surface area contributed by atoms with Gasteiger partial charge in [0.1, 0.15) is 0 Å². The average molecular weight is 263 g/mol. The molecule has 106 valence electrons. The Morgan fingerprint density at radius 1 is 1.21 bits per heavy atom. The van der Waals surface area contributed by atoms with Gasteiger partial charge in [0.15, 0.2) is 0 Å². The molecule has 1 aliphatic rings. The number of piperidine rings is 1. The van der Waals surface area contributed by atoms with Crippen LogP contribution in [-0.2, 0) is 11.3 Å². The Morgan fingerprint density at radius 2 is 1.84 bits per heavy atom. The van der Waals surface area contributed by atoms with E-state index in [1.165, 1.54) is 0 Å². The molecule has 0 amide bonds. The Hall–Kier alpha value is -0.900. The zero-order valence-electron chi connectivity index (χ0n) is 12.0. The lowest BCUT2D eigenvalue weighted by Gasteiger charge is -2.36. The summed E-state index contributed by atoms with van der Waals surface area (Å²) in [6, 6.07) is 9.98. The Bertz CT molecular complexity index is 358. The zero-order valence-corrected chi connectivity index (χ0v) is 12.0. The SMILES string of the molecule is CC(C)C1CCN(C(O)OCc2ccccc2)CC1. The number of hydrogen-bond donors (Lipinski definition) is 1. The van der Waals surface area contributed by atoms with Gasteiger partial charge in [-0.3, -0.25) is 4.90 Å².